The minimum atomic E-state index is -4.25. The third-order valence-electron chi connectivity index (χ3n) is 3.76. The molecule has 118 valence electrons. The van der Waals surface area contributed by atoms with Crippen LogP contribution in [0.25, 0.3) is 0 Å². The minimum absolute atomic E-state index is 0.0576. The van der Waals surface area contributed by atoms with Crippen LogP contribution in [0.3, 0.4) is 0 Å². The number of halogens is 3. The first-order valence-corrected chi connectivity index (χ1v) is 7.66. The highest BCUT2D eigenvalue weighted by Gasteiger charge is 2.42. The van der Waals surface area contributed by atoms with Gasteiger partial charge in [-0.1, -0.05) is 11.3 Å². The zero-order chi connectivity index (χ0) is 15.6. The lowest BCUT2D eigenvalue weighted by atomic mass is 9.97. The Balaban J connectivity index is 1.93. The number of aromatic nitrogens is 1. The summed E-state index contributed by atoms with van der Waals surface area (Å²) >= 11 is 1.06. The van der Waals surface area contributed by atoms with Gasteiger partial charge >= 0.3 is 11.0 Å². The zero-order valence-corrected chi connectivity index (χ0v) is 12.5. The first-order chi connectivity index (χ1) is 9.79. The van der Waals surface area contributed by atoms with Crippen LogP contribution in [0.4, 0.5) is 13.2 Å². The molecule has 1 unspecified atom stereocenters. The molecule has 1 atom stereocenters. The molecule has 1 aromatic heterocycles. The molecule has 1 fully saturated rings. The molecule has 0 aromatic carbocycles. The van der Waals surface area contributed by atoms with Gasteiger partial charge in [-0.2, -0.15) is 13.2 Å². The Bertz CT molecular complexity index is 564. The van der Waals surface area contributed by atoms with Crippen molar-refractivity contribution in [2.24, 2.45) is 5.92 Å². The highest BCUT2D eigenvalue weighted by molar-refractivity contribution is 7.07. The molecule has 1 aromatic rings. The van der Waals surface area contributed by atoms with Crippen molar-refractivity contribution < 1.29 is 18.0 Å². The van der Waals surface area contributed by atoms with E-state index >= 15 is 0 Å². The monoisotopic (exact) mass is 322 g/mol. The van der Waals surface area contributed by atoms with Crippen molar-refractivity contribution in [3.05, 3.63) is 20.7 Å². The summed E-state index contributed by atoms with van der Waals surface area (Å²) < 4.78 is 39.6. The fourth-order valence-electron chi connectivity index (χ4n) is 2.51. The molecule has 1 aliphatic rings. The van der Waals surface area contributed by atoms with E-state index in [-0.39, 0.29) is 36.7 Å². The number of amides is 1. The molecule has 0 saturated carbocycles. The number of hydrogen-bond donors (Lipinski definition) is 0. The number of nitrogens with zero attached hydrogens (tertiary/aromatic N) is 2. The SMILES string of the molecule is Cc1csc(=O)n1CCC(=O)N1CCCC(C(F)(F)F)C1. The second kappa shape index (κ2) is 6.21. The van der Waals surface area contributed by atoms with Gasteiger partial charge in [-0.05, 0) is 19.8 Å². The molecule has 0 spiro atoms. The summed E-state index contributed by atoms with van der Waals surface area (Å²) in [5.41, 5.74) is 0.768. The summed E-state index contributed by atoms with van der Waals surface area (Å²) in [6.45, 7) is 2.09. The second-order valence-electron chi connectivity index (χ2n) is 5.27. The fourth-order valence-corrected chi connectivity index (χ4v) is 3.27. The van der Waals surface area contributed by atoms with E-state index in [1.165, 1.54) is 9.47 Å². The van der Waals surface area contributed by atoms with E-state index in [9.17, 15) is 22.8 Å². The predicted octanol–water partition coefficient (Wildman–Crippen LogP) is 2.41. The Kier molecular flexibility index (Phi) is 4.75. The maximum absolute atomic E-state index is 12.7. The molecule has 8 heteroatoms. The third kappa shape index (κ3) is 3.87. The van der Waals surface area contributed by atoms with Crippen molar-refractivity contribution >= 4 is 17.2 Å². The van der Waals surface area contributed by atoms with E-state index in [1.807, 2.05) is 0 Å². The summed E-state index contributed by atoms with van der Waals surface area (Å²) in [4.78, 5) is 24.7. The Morgan fingerprint density at radius 1 is 1.48 bits per heavy atom. The highest BCUT2D eigenvalue weighted by atomic mass is 32.1. The second-order valence-corrected chi connectivity index (χ2v) is 6.09. The summed E-state index contributed by atoms with van der Waals surface area (Å²) in [5.74, 6) is -1.75. The molecule has 2 heterocycles. The van der Waals surface area contributed by atoms with Crippen LogP contribution in [-0.2, 0) is 11.3 Å². The Morgan fingerprint density at radius 2 is 2.19 bits per heavy atom. The maximum atomic E-state index is 12.7. The third-order valence-corrected chi connectivity index (χ3v) is 4.64. The van der Waals surface area contributed by atoms with Crippen LogP contribution in [0, 0.1) is 12.8 Å². The molecule has 21 heavy (non-hydrogen) atoms. The topological polar surface area (TPSA) is 42.3 Å². The van der Waals surface area contributed by atoms with Gasteiger partial charge in [-0.3, -0.25) is 9.59 Å². The molecule has 2 rings (SSSR count). The van der Waals surface area contributed by atoms with Gasteiger partial charge in [0.25, 0.3) is 0 Å². The van der Waals surface area contributed by atoms with E-state index in [2.05, 4.69) is 0 Å². The lowest BCUT2D eigenvalue weighted by molar-refractivity contribution is -0.188. The molecule has 0 aliphatic carbocycles. The number of rotatable bonds is 3. The van der Waals surface area contributed by atoms with Crippen LogP contribution < -0.4 is 4.87 Å². The summed E-state index contributed by atoms with van der Waals surface area (Å²) in [5, 5.41) is 1.70. The van der Waals surface area contributed by atoms with Crippen LogP contribution in [0.15, 0.2) is 10.2 Å². The van der Waals surface area contributed by atoms with Gasteiger partial charge in [-0.15, -0.1) is 0 Å². The summed E-state index contributed by atoms with van der Waals surface area (Å²) in [7, 11) is 0. The Labute approximate surface area is 124 Å². The van der Waals surface area contributed by atoms with Crippen LogP contribution >= 0.6 is 11.3 Å². The average Bonchev–Trinajstić information content (AvgIpc) is 2.75. The van der Waals surface area contributed by atoms with Gasteiger partial charge in [-0.25, -0.2) is 0 Å². The van der Waals surface area contributed by atoms with Crippen LogP contribution in [0.2, 0.25) is 0 Å². The van der Waals surface area contributed by atoms with Crippen LogP contribution in [-0.4, -0.2) is 34.6 Å². The minimum Gasteiger partial charge on any atom is -0.342 e. The van der Waals surface area contributed by atoms with Gasteiger partial charge in [0.2, 0.25) is 5.91 Å². The number of carbonyl (C=O) groups excluding carboxylic acids is 1. The van der Waals surface area contributed by atoms with Gasteiger partial charge in [0.05, 0.1) is 5.92 Å². The van der Waals surface area contributed by atoms with Gasteiger partial charge < -0.3 is 9.47 Å². The quantitative estimate of drug-likeness (QED) is 0.858. The molecule has 0 N–H and O–H groups in total. The Hall–Kier alpha value is -1.31. The molecular weight excluding hydrogens is 305 g/mol. The standard InChI is InChI=1S/C13H17F3N2O2S/c1-9-8-21-12(20)18(9)6-4-11(19)17-5-2-3-10(7-17)13(14,15)16/h8,10H,2-7H2,1H3. The van der Waals surface area contributed by atoms with Gasteiger partial charge in [0.1, 0.15) is 0 Å². The first-order valence-electron chi connectivity index (χ1n) is 6.78. The zero-order valence-electron chi connectivity index (χ0n) is 11.7. The van der Waals surface area contributed by atoms with Crippen molar-refractivity contribution in [1.29, 1.82) is 0 Å². The molecule has 0 radical (unpaired) electrons. The van der Waals surface area contributed by atoms with Gasteiger partial charge in [0.15, 0.2) is 0 Å². The number of alkyl halides is 3. The average molecular weight is 322 g/mol. The molecule has 4 nitrogen and oxygen atoms in total. The number of hydrogen-bond acceptors (Lipinski definition) is 3. The molecule has 1 aliphatic heterocycles. The van der Waals surface area contributed by atoms with Gasteiger partial charge in [0, 0.05) is 37.1 Å². The number of piperidine rings is 1. The molecular formula is C13H17F3N2O2S. The number of thiazole rings is 1. The summed E-state index contributed by atoms with van der Waals surface area (Å²) in [6, 6.07) is 0. The van der Waals surface area contributed by atoms with E-state index in [1.54, 1.807) is 12.3 Å². The number of likely N-dealkylation sites (tertiary alicyclic amines) is 1. The lowest BCUT2D eigenvalue weighted by Gasteiger charge is -2.33. The first kappa shape index (κ1) is 16.1. The number of carbonyl (C=O) groups is 1. The maximum Gasteiger partial charge on any atom is 0.393 e. The van der Waals surface area contributed by atoms with E-state index < -0.39 is 12.1 Å². The lowest BCUT2D eigenvalue weighted by Crippen LogP contribution is -2.44. The Morgan fingerprint density at radius 3 is 2.76 bits per heavy atom. The van der Waals surface area contributed by atoms with Crippen molar-refractivity contribution in [2.75, 3.05) is 13.1 Å². The van der Waals surface area contributed by atoms with Crippen molar-refractivity contribution in [1.82, 2.24) is 9.47 Å². The predicted molar refractivity (Wildman–Crippen MR) is 73.3 cm³/mol. The molecule has 1 saturated heterocycles. The van der Waals surface area contributed by atoms with E-state index in [4.69, 9.17) is 0 Å². The largest absolute Gasteiger partial charge is 0.393 e. The van der Waals surface area contributed by atoms with Crippen molar-refractivity contribution in [3.63, 3.8) is 0 Å². The molecule has 1 amide bonds. The van der Waals surface area contributed by atoms with E-state index in [0.29, 0.717) is 13.0 Å². The molecule has 0 bridgehead atoms. The highest BCUT2D eigenvalue weighted by Crippen LogP contribution is 2.33. The summed E-state index contributed by atoms with van der Waals surface area (Å²) in [6.07, 6.45) is -3.74. The van der Waals surface area contributed by atoms with Crippen LogP contribution in [0.1, 0.15) is 25.0 Å². The number of aryl methyl sites for hydroxylation is 1. The van der Waals surface area contributed by atoms with E-state index in [0.717, 1.165) is 17.0 Å². The van der Waals surface area contributed by atoms with Crippen molar-refractivity contribution in [3.8, 4) is 0 Å². The normalized spacial score (nSPS) is 19.8. The van der Waals surface area contributed by atoms with Crippen LogP contribution in [0.5, 0.6) is 0 Å². The smallest absolute Gasteiger partial charge is 0.342 e. The van der Waals surface area contributed by atoms with Crippen molar-refractivity contribution in [2.45, 2.75) is 38.9 Å². The fraction of sp³-hybridized carbons (Fsp3) is 0.692.